The molecule has 0 saturated heterocycles. The van der Waals surface area contributed by atoms with Crippen molar-refractivity contribution in [2.45, 2.75) is 44.8 Å². The zero-order valence-corrected chi connectivity index (χ0v) is 11.6. The second-order valence-corrected chi connectivity index (χ2v) is 5.63. The molecule has 0 saturated carbocycles. The fourth-order valence-electron chi connectivity index (χ4n) is 1.80. The topological polar surface area (TPSA) is 89.2 Å². The zero-order valence-electron chi connectivity index (χ0n) is 11.6. The summed E-state index contributed by atoms with van der Waals surface area (Å²) >= 11 is 0. The van der Waals surface area contributed by atoms with Crippen molar-refractivity contribution in [3.05, 3.63) is 45.8 Å². The van der Waals surface area contributed by atoms with Crippen LogP contribution in [0.2, 0.25) is 0 Å². The summed E-state index contributed by atoms with van der Waals surface area (Å²) in [6, 6.07) is 7.56. The fraction of sp³-hybridized carbons (Fsp3) is 0.571. The van der Waals surface area contributed by atoms with E-state index in [0.29, 0.717) is 5.56 Å². The minimum absolute atomic E-state index is 0.0591. The van der Waals surface area contributed by atoms with Gasteiger partial charge in [-0.05, 0) is 28.5 Å². The van der Waals surface area contributed by atoms with Crippen LogP contribution in [0.3, 0.4) is 0 Å². The van der Waals surface area contributed by atoms with Crippen LogP contribution in [0.4, 0.5) is 0 Å². The Hall–Kier alpha value is -1.55. The van der Waals surface area contributed by atoms with E-state index < -0.39 is 12.2 Å². The van der Waals surface area contributed by atoms with E-state index in [9.17, 15) is 10.2 Å². The van der Waals surface area contributed by atoms with Crippen LogP contribution in [0, 0.1) is 0 Å². The third kappa shape index (κ3) is 4.56. The van der Waals surface area contributed by atoms with E-state index in [-0.39, 0.29) is 18.4 Å². The Bertz CT molecular complexity index is 445. The Balaban J connectivity index is 2.72. The first-order chi connectivity index (χ1) is 8.86. The van der Waals surface area contributed by atoms with Crippen LogP contribution in [-0.2, 0) is 5.41 Å². The molecule has 0 fully saturated rings. The van der Waals surface area contributed by atoms with Gasteiger partial charge in [0.15, 0.2) is 0 Å². The van der Waals surface area contributed by atoms with Crippen molar-refractivity contribution < 1.29 is 10.2 Å². The van der Waals surface area contributed by atoms with Gasteiger partial charge in [0, 0.05) is 11.5 Å². The lowest BCUT2D eigenvalue weighted by atomic mass is 9.86. The first kappa shape index (κ1) is 15.5. The molecule has 2 atom stereocenters. The van der Waals surface area contributed by atoms with Crippen LogP contribution in [0.15, 0.2) is 29.4 Å². The molecule has 5 nitrogen and oxygen atoms in total. The molecule has 104 valence electrons. The Morgan fingerprint density at radius 3 is 2.26 bits per heavy atom. The Morgan fingerprint density at radius 1 is 1.21 bits per heavy atom. The van der Waals surface area contributed by atoms with Gasteiger partial charge in [0.25, 0.3) is 0 Å². The molecule has 0 bridgehead atoms. The molecule has 19 heavy (non-hydrogen) atoms. The van der Waals surface area contributed by atoms with Crippen LogP contribution >= 0.6 is 0 Å². The first-order valence-corrected chi connectivity index (χ1v) is 6.33. The van der Waals surface area contributed by atoms with Gasteiger partial charge in [-0.1, -0.05) is 50.2 Å². The van der Waals surface area contributed by atoms with Crippen LogP contribution < -0.4 is 0 Å². The maximum absolute atomic E-state index is 10.00. The number of benzene rings is 1. The molecule has 1 aromatic carbocycles. The van der Waals surface area contributed by atoms with E-state index in [1.54, 1.807) is 0 Å². The number of aliphatic hydroxyl groups is 2. The zero-order chi connectivity index (χ0) is 14.5. The molecule has 0 radical (unpaired) electrons. The highest BCUT2D eigenvalue weighted by Crippen LogP contribution is 2.25. The standard InChI is InChI=1S/C14H21N3O2/c1-14(2,3)11-6-4-10(5-7-11)13(19)12(18)8-9-16-17-15/h4-7,12-13,18-19H,8-9H2,1-3H3. The molecule has 0 aromatic heterocycles. The number of hydrogen-bond acceptors (Lipinski definition) is 3. The van der Waals surface area contributed by atoms with E-state index in [2.05, 4.69) is 30.8 Å². The Morgan fingerprint density at radius 2 is 1.79 bits per heavy atom. The van der Waals surface area contributed by atoms with Crippen molar-refractivity contribution in [3.63, 3.8) is 0 Å². The normalized spacial score (nSPS) is 14.6. The molecule has 0 aliphatic carbocycles. The third-order valence-corrected chi connectivity index (χ3v) is 3.07. The molecule has 0 aliphatic heterocycles. The second-order valence-electron chi connectivity index (χ2n) is 5.63. The highest BCUT2D eigenvalue weighted by molar-refractivity contribution is 5.29. The molecule has 2 unspecified atom stereocenters. The van der Waals surface area contributed by atoms with E-state index >= 15 is 0 Å². The van der Waals surface area contributed by atoms with Crippen LogP contribution in [0.1, 0.15) is 44.4 Å². The minimum atomic E-state index is -0.956. The SMILES string of the molecule is CC(C)(C)c1ccc(C(O)C(O)CCN=[N+]=[N-])cc1. The van der Waals surface area contributed by atoms with Gasteiger partial charge in [0.1, 0.15) is 6.10 Å². The largest absolute Gasteiger partial charge is 0.390 e. The molecule has 0 heterocycles. The molecular formula is C14H21N3O2. The average Bonchev–Trinajstić information content (AvgIpc) is 2.37. The smallest absolute Gasteiger partial charge is 0.105 e. The van der Waals surface area contributed by atoms with Crippen molar-refractivity contribution in [1.82, 2.24) is 0 Å². The lowest BCUT2D eigenvalue weighted by Crippen LogP contribution is -2.19. The van der Waals surface area contributed by atoms with Gasteiger partial charge < -0.3 is 10.2 Å². The molecule has 1 aromatic rings. The number of nitrogens with zero attached hydrogens (tertiary/aromatic N) is 3. The second kappa shape index (κ2) is 6.57. The molecule has 1 rings (SSSR count). The van der Waals surface area contributed by atoms with Crippen LogP contribution in [0.5, 0.6) is 0 Å². The van der Waals surface area contributed by atoms with Crippen molar-refractivity contribution in [3.8, 4) is 0 Å². The van der Waals surface area contributed by atoms with Crippen molar-refractivity contribution in [2.75, 3.05) is 6.54 Å². The van der Waals surface area contributed by atoms with Gasteiger partial charge in [0.2, 0.25) is 0 Å². The predicted octanol–water partition coefficient (Wildman–Crippen LogP) is 3.08. The summed E-state index contributed by atoms with van der Waals surface area (Å²) in [6.45, 7) is 6.53. The lowest BCUT2D eigenvalue weighted by molar-refractivity contribution is 0.0150. The molecular weight excluding hydrogens is 242 g/mol. The maximum atomic E-state index is 10.00. The van der Waals surface area contributed by atoms with E-state index in [4.69, 9.17) is 5.53 Å². The molecule has 0 amide bonds. The number of aliphatic hydroxyl groups excluding tert-OH is 2. The van der Waals surface area contributed by atoms with Crippen LogP contribution in [-0.4, -0.2) is 22.9 Å². The van der Waals surface area contributed by atoms with E-state index in [1.165, 1.54) is 5.56 Å². The van der Waals surface area contributed by atoms with Crippen LogP contribution in [0.25, 0.3) is 10.4 Å². The minimum Gasteiger partial charge on any atom is -0.390 e. The maximum Gasteiger partial charge on any atom is 0.105 e. The van der Waals surface area contributed by atoms with Gasteiger partial charge in [-0.3, -0.25) is 0 Å². The fourth-order valence-corrected chi connectivity index (χ4v) is 1.80. The summed E-state index contributed by atoms with van der Waals surface area (Å²) in [5.41, 5.74) is 10.1. The summed E-state index contributed by atoms with van der Waals surface area (Å²) in [4.78, 5) is 2.61. The first-order valence-electron chi connectivity index (χ1n) is 6.33. The lowest BCUT2D eigenvalue weighted by Gasteiger charge is -2.21. The Labute approximate surface area is 113 Å². The summed E-state index contributed by atoms with van der Waals surface area (Å²) in [7, 11) is 0. The predicted molar refractivity (Wildman–Crippen MR) is 74.7 cm³/mol. The summed E-state index contributed by atoms with van der Waals surface area (Å²) in [5.74, 6) is 0. The van der Waals surface area contributed by atoms with E-state index in [0.717, 1.165) is 0 Å². The Kier molecular flexibility index (Phi) is 5.36. The van der Waals surface area contributed by atoms with Crippen molar-refractivity contribution in [1.29, 1.82) is 0 Å². The number of azide groups is 1. The molecule has 2 N–H and O–H groups in total. The highest BCUT2D eigenvalue weighted by Gasteiger charge is 2.19. The van der Waals surface area contributed by atoms with Gasteiger partial charge in [-0.2, -0.15) is 0 Å². The molecule has 0 aliphatic rings. The molecule has 0 spiro atoms. The summed E-state index contributed by atoms with van der Waals surface area (Å²) in [6.07, 6.45) is -1.64. The number of hydrogen-bond donors (Lipinski definition) is 2. The summed E-state index contributed by atoms with van der Waals surface area (Å²) in [5, 5.41) is 23.1. The van der Waals surface area contributed by atoms with E-state index in [1.807, 2.05) is 24.3 Å². The van der Waals surface area contributed by atoms with Gasteiger partial charge in [-0.25, -0.2) is 0 Å². The van der Waals surface area contributed by atoms with Crippen molar-refractivity contribution in [2.24, 2.45) is 5.11 Å². The molecule has 5 heteroatoms. The quantitative estimate of drug-likeness (QED) is 0.485. The highest BCUT2D eigenvalue weighted by atomic mass is 16.3. The van der Waals surface area contributed by atoms with Gasteiger partial charge in [0.05, 0.1) is 6.10 Å². The summed E-state index contributed by atoms with van der Waals surface area (Å²) < 4.78 is 0. The third-order valence-electron chi connectivity index (χ3n) is 3.07. The van der Waals surface area contributed by atoms with Gasteiger partial charge in [-0.15, -0.1) is 0 Å². The average molecular weight is 263 g/mol. The number of rotatable bonds is 5. The van der Waals surface area contributed by atoms with Gasteiger partial charge >= 0.3 is 0 Å². The monoisotopic (exact) mass is 263 g/mol. The van der Waals surface area contributed by atoms with Crippen molar-refractivity contribution >= 4 is 0 Å².